The first-order chi connectivity index (χ1) is 10.6. The molecule has 122 valence electrons. The Bertz CT molecular complexity index is 455. The normalized spacial score (nSPS) is 19.9. The number of carbonyl (C=O) groups excluding carboxylic acids is 1. The maximum atomic E-state index is 12.7. The van der Waals surface area contributed by atoms with E-state index in [1.54, 1.807) is 6.20 Å². The number of hydrogen-bond acceptors (Lipinski definition) is 3. The molecule has 0 bridgehead atoms. The number of amides is 1. The van der Waals surface area contributed by atoms with Crippen LogP contribution in [0.5, 0.6) is 0 Å². The molecule has 2 atom stereocenters. The van der Waals surface area contributed by atoms with E-state index in [-0.39, 0.29) is 11.9 Å². The first-order valence-electron chi connectivity index (χ1n) is 8.47. The minimum atomic E-state index is 0.212. The van der Waals surface area contributed by atoms with E-state index in [4.69, 9.17) is 0 Å². The maximum absolute atomic E-state index is 12.7. The van der Waals surface area contributed by atoms with Gasteiger partial charge in [0, 0.05) is 31.4 Å². The molecule has 1 aliphatic heterocycles. The molecule has 2 heterocycles. The van der Waals surface area contributed by atoms with E-state index in [1.165, 1.54) is 12.8 Å². The van der Waals surface area contributed by atoms with E-state index in [0.717, 1.165) is 18.7 Å². The number of nitrogens with zero attached hydrogens (tertiary/aromatic N) is 2. The average Bonchev–Trinajstić information content (AvgIpc) is 2.54. The van der Waals surface area contributed by atoms with Crippen LogP contribution in [0.1, 0.15) is 45.6 Å². The standard InChI is InChI=1S/C18H29N3O/c1-14(2)21(13-16-6-4-8-19-11-16)18(22)10-15(3)17-7-5-9-20-12-17/h4,6,8,11,14-15,17,20H,5,7,9-10,12-13H2,1-3H3. The number of rotatable bonds is 6. The van der Waals surface area contributed by atoms with Gasteiger partial charge in [0.2, 0.25) is 5.91 Å². The van der Waals surface area contributed by atoms with Crippen LogP contribution >= 0.6 is 0 Å². The lowest BCUT2D eigenvalue weighted by molar-refractivity contribution is -0.135. The molecule has 4 nitrogen and oxygen atoms in total. The van der Waals surface area contributed by atoms with Gasteiger partial charge >= 0.3 is 0 Å². The van der Waals surface area contributed by atoms with Crippen LogP contribution in [-0.4, -0.2) is 34.9 Å². The molecule has 1 N–H and O–H groups in total. The van der Waals surface area contributed by atoms with Crippen LogP contribution in [0.25, 0.3) is 0 Å². The molecular weight excluding hydrogens is 274 g/mol. The number of hydrogen-bond donors (Lipinski definition) is 1. The molecule has 4 heteroatoms. The van der Waals surface area contributed by atoms with E-state index >= 15 is 0 Å². The third-order valence-corrected chi connectivity index (χ3v) is 4.66. The van der Waals surface area contributed by atoms with Crippen LogP contribution in [0.4, 0.5) is 0 Å². The van der Waals surface area contributed by atoms with Gasteiger partial charge in [-0.25, -0.2) is 0 Å². The first kappa shape index (κ1) is 16.9. The number of aromatic nitrogens is 1. The summed E-state index contributed by atoms with van der Waals surface area (Å²) >= 11 is 0. The van der Waals surface area contributed by atoms with Crippen molar-refractivity contribution in [2.45, 2.75) is 52.6 Å². The number of piperidine rings is 1. The van der Waals surface area contributed by atoms with Crippen molar-refractivity contribution in [1.29, 1.82) is 0 Å². The average molecular weight is 303 g/mol. The molecule has 0 radical (unpaired) electrons. The zero-order valence-corrected chi connectivity index (χ0v) is 14.1. The SMILES string of the molecule is CC(CC(=O)N(Cc1cccnc1)C(C)C)C1CCCNC1. The molecule has 1 aliphatic rings. The molecule has 1 fully saturated rings. The highest BCUT2D eigenvalue weighted by Gasteiger charge is 2.25. The smallest absolute Gasteiger partial charge is 0.223 e. The zero-order valence-electron chi connectivity index (χ0n) is 14.1. The summed E-state index contributed by atoms with van der Waals surface area (Å²) in [4.78, 5) is 18.8. The van der Waals surface area contributed by atoms with Gasteiger partial charge in [-0.1, -0.05) is 13.0 Å². The summed E-state index contributed by atoms with van der Waals surface area (Å²) in [5, 5.41) is 3.45. The van der Waals surface area contributed by atoms with Crippen molar-refractivity contribution >= 4 is 5.91 Å². The van der Waals surface area contributed by atoms with Gasteiger partial charge in [0.25, 0.3) is 0 Å². The highest BCUT2D eigenvalue weighted by atomic mass is 16.2. The third kappa shape index (κ3) is 4.80. The van der Waals surface area contributed by atoms with Crippen molar-refractivity contribution in [2.24, 2.45) is 11.8 Å². The summed E-state index contributed by atoms with van der Waals surface area (Å²) in [5.74, 6) is 1.33. The second-order valence-corrected chi connectivity index (χ2v) is 6.76. The molecular formula is C18H29N3O. The summed E-state index contributed by atoms with van der Waals surface area (Å²) in [6.07, 6.45) is 6.73. The largest absolute Gasteiger partial charge is 0.336 e. The quantitative estimate of drug-likeness (QED) is 0.879. The van der Waals surface area contributed by atoms with Gasteiger partial charge in [0.15, 0.2) is 0 Å². The molecule has 1 amide bonds. The Morgan fingerprint density at radius 2 is 2.27 bits per heavy atom. The second kappa shape index (κ2) is 8.28. The van der Waals surface area contributed by atoms with Gasteiger partial charge in [-0.2, -0.15) is 0 Å². The minimum Gasteiger partial charge on any atom is -0.336 e. The van der Waals surface area contributed by atoms with Crippen molar-refractivity contribution in [1.82, 2.24) is 15.2 Å². The fourth-order valence-electron chi connectivity index (χ4n) is 3.17. The van der Waals surface area contributed by atoms with Gasteiger partial charge in [0.1, 0.15) is 0 Å². The van der Waals surface area contributed by atoms with Crippen LogP contribution in [0.2, 0.25) is 0 Å². The summed E-state index contributed by atoms with van der Waals surface area (Å²) in [6, 6.07) is 4.17. The number of nitrogens with one attached hydrogen (secondary N) is 1. The lowest BCUT2D eigenvalue weighted by Crippen LogP contribution is -2.39. The second-order valence-electron chi connectivity index (χ2n) is 6.76. The Hall–Kier alpha value is -1.42. The molecule has 0 spiro atoms. The van der Waals surface area contributed by atoms with E-state index < -0.39 is 0 Å². The van der Waals surface area contributed by atoms with E-state index in [1.807, 2.05) is 23.2 Å². The van der Waals surface area contributed by atoms with Crippen molar-refractivity contribution < 1.29 is 4.79 Å². The molecule has 0 aliphatic carbocycles. The van der Waals surface area contributed by atoms with E-state index in [0.29, 0.717) is 24.8 Å². The topological polar surface area (TPSA) is 45.2 Å². The molecule has 22 heavy (non-hydrogen) atoms. The Labute approximate surface area is 134 Å². The molecule has 1 aromatic rings. The summed E-state index contributed by atoms with van der Waals surface area (Å²) in [6.45, 7) is 9.22. The van der Waals surface area contributed by atoms with Crippen LogP contribution in [-0.2, 0) is 11.3 Å². The fraction of sp³-hybridized carbons (Fsp3) is 0.667. The first-order valence-corrected chi connectivity index (χ1v) is 8.47. The van der Waals surface area contributed by atoms with Gasteiger partial charge < -0.3 is 10.2 Å². The van der Waals surface area contributed by atoms with Crippen molar-refractivity contribution in [3.8, 4) is 0 Å². The van der Waals surface area contributed by atoms with Crippen LogP contribution in [0.3, 0.4) is 0 Å². The number of carbonyl (C=O) groups is 1. The molecule has 2 unspecified atom stereocenters. The van der Waals surface area contributed by atoms with E-state index in [2.05, 4.69) is 31.1 Å². The van der Waals surface area contributed by atoms with Crippen molar-refractivity contribution in [3.05, 3.63) is 30.1 Å². The lowest BCUT2D eigenvalue weighted by atomic mass is 9.85. The van der Waals surface area contributed by atoms with Crippen LogP contribution in [0.15, 0.2) is 24.5 Å². The zero-order chi connectivity index (χ0) is 15.9. The number of pyridine rings is 1. The highest BCUT2D eigenvalue weighted by Crippen LogP contribution is 2.24. The Balaban J connectivity index is 1.94. The Kier molecular flexibility index (Phi) is 6.37. The molecule has 1 saturated heterocycles. The third-order valence-electron chi connectivity index (χ3n) is 4.66. The monoisotopic (exact) mass is 303 g/mol. The predicted molar refractivity (Wildman–Crippen MR) is 89.3 cm³/mol. The molecule has 0 aromatic carbocycles. The van der Waals surface area contributed by atoms with E-state index in [9.17, 15) is 4.79 Å². The van der Waals surface area contributed by atoms with Crippen LogP contribution < -0.4 is 5.32 Å². The summed E-state index contributed by atoms with van der Waals surface area (Å²) in [5.41, 5.74) is 1.09. The highest BCUT2D eigenvalue weighted by molar-refractivity contribution is 5.76. The van der Waals surface area contributed by atoms with Gasteiger partial charge in [-0.3, -0.25) is 9.78 Å². The Morgan fingerprint density at radius 1 is 1.45 bits per heavy atom. The van der Waals surface area contributed by atoms with Crippen LogP contribution in [0, 0.1) is 11.8 Å². The van der Waals surface area contributed by atoms with Gasteiger partial charge in [-0.15, -0.1) is 0 Å². The molecule has 0 saturated carbocycles. The lowest BCUT2D eigenvalue weighted by Gasteiger charge is -2.32. The summed E-state index contributed by atoms with van der Waals surface area (Å²) in [7, 11) is 0. The Morgan fingerprint density at radius 3 is 2.86 bits per heavy atom. The summed E-state index contributed by atoms with van der Waals surface area (Å²) < 4.78 is 0. The van der Waals surface area contributed by atoms with Crippen molar-refractivity contribution in [3.63, 3.8) is 0 Å². The van der Waals surface area contributed by atoms with Crippen molar-refractivity contribution in [2.75, 3.05) is 13.1 Å². The minimum absolute atomic E-state index is 0.212. The molecule has 1 aromatic heterocycles. The molecule has 2 rings (SSSR count). The maximum Gasteiger partial charge on any atom is 0.223 e. The van der Waals surface area contributed by atoms with Gasteiger partial charge in [0.05, 0.1) is 0 Å². The predicted octanol–water partition coefficient (Wildman–Crippen LogP) is 2.84. The van der Waals surface area contributed by atoms with Gasteiger partial charge in [-0.05, 0) is 63.2 Å². The fourth-order valence-corrected chi connectivity index (χ4v) is 3.17.